The molecule has 1 aromatic heterocycles. The zero-order valence-corrected chi connectivity index (χ0v) is 6.83. The Labute approximate surface area is 71.2 Å². The fourth-order valence-corrected chi connectivity index (χ4v) is 1.73. The van der Waals surface area contributed by atoms with Crippen LogP contribution in [0.5, 0.6) is 0 Å². The van der Waals surface area contributed by atoms with E-state index in [1.54, 1.807) is 6.20 Å². The molecule has 12 heavy (non-hydrogen) atoms. The number of fused-ring (bicyclic) bond motifs is 1. The van der Waals surface area contributed by atoms with Crippen LogP contribution in [-0.2, 0) is 12.0 Å². The largest absolute Gasteiger partial charge is 0.394 e. The Bertz CT molecular complexity index is 300. The highest BCUT2D eigenvalue weighted by atomic mass is 16.3. The van der Waals surface area contributed by atoms with E-state index in [1.165, 1.54) is 0 Å². The van der Waals surface area contributed by atoms with E-state index in [9.17, 15) is 0 Å². The van der Waals surface area contributed by atoms with E-state index < -0.39 is 5.54 Å². The van der Waals surface area contributed by atoms with E-state index >= 15 is 0 Å². The number of rotatable bonds is 1. The summed E-state index contributed by atoms with van der Waals surface area (Å²) in [6.45, 7) is 0.00565. The molecule has 0 aliphatic heterocycles. The summed E-state index contributed by atoms with van der Waals surface area (Å²) in [6, 6.07) is 3.81. The highest BCUT2D eigenvalue weighted by Gasteiger charge is 2.34. The van der Waals surface area contributed by atoms with Gasteiger partial charge in [-0.05, 0) is 24.5 Å². The molecule has 0 spiro atoms. The molecule has 3 N–H and O–H groups in total. The number of aliphatic hydroxyl groups is 1. The normalized spacial score (nSPS) is 27.2. The molecule has 2 rings (SSSR count). The van der Waals surface area contributed by atoms with E-state index in [1.807, 2.05) is 12.1 Å². The highest BCUT2D eigenvalue weighted by molar-refractivity contribution is 5.33. The van der Waals surface area contributed by atoms with Crippen molar-refractivity contribution in [3.05, 3.63) is 29.6 Å². The van der Waals surface area contributed by atoms with Gasteiger partial charge in [0.1, 0.15) is 0 Å². The van der Waals surface area contributed by atoms with Gasteiger partial charge in [-0.2, -0.15) is 0 Å². The standard InChI is InChI=1S/C9H12N2O/c10-9(6-12)4-3-8-7(9)2-1-5-11-8/h1-2,5,12H,3-4,6,10H2. The van der Waals surface area contributed by atoms with Gasteiger partial charge in [-0.3, -0.25) is 4.98 Å². The van der Waals surface area contributed by atoms with Crippen molar-refractivity contribution >= 4 is 0 Å². The number of aromatic nitrogens is 1. The molecule has 1 aromatic rings. The van der Waals surface area contributed by atoms with Gasteiger partial charge in [0.2, 0.25) is 0 Å². The third-order valence-electron chi connectivity index (χ3n) is 2.52. The van der Waals surface area contributed by atoms with Crippen molar-refractivity contribution in [2.75, 3.05) is 6.61 Å². The Kier molecular flexibility index (Phi) is 1.63. The maximum absolute atomic E-state index is 9.12. The first-order valence-corrected chi connectivity index (χ1v) is 4.10. The summed E-state index contributed by atoms with van der Waals surface area (Å²) in [4.78, 5) is 4.21. The molecular formula is C9H12N2O. The maximum atomic E-state index is 9.12. The third-order valence-corrected chi connectivity index (χ3v) is 2.52. The summed E-state index contributed by atoms with van der Waals surface area (Å²) < 4.78 is 0. The molecule has 1 unspecified atom stereocenters. The average Bonchev–Trinajstić information content (AvgIpc) is 2.46. The van der Waals surface area contributed by atoms with E-state index in [2.05, 4.69) is 4.98 Å². The minimum absolute atomic E-state index is 0.00565. The first kappa shape index (κ1) is 7.71. The van der Waals surface area contributed by atoms with Gasteiger partial charge < -0.3 is 10.8 Å². The molecule has 3 nitrogen and oxygen atoms in total. The number of hydrogen-bond donors (Lipinski definition) is 2. The van der Waals surface area contributed by atoms with Crippen LogP contribution in [0.3, 0.4) is 0 Å². The van der Waals surface area contributed by atoms with Crippen molar-refractivity contribution < 1.29 is 5.11 Å². The average molecular weight is 164 g/mol. The predicted octanol–water partition coefficient (Wildman–Crippen LogP) is 0.174. The first-order valence-electron chi connectivity index (χ1n) is 4.10. The van der Waals surface area contributed by atoms with Crippen LogP contribution in [0.4, 0.5) is 0 Å². The molecule has 1 atom stereocenters. The zero-order valence-electron chi connectivity index (χ0n) is 6.83. The topological polar surface area (TPSA) is 59.1 Å². The number of nitrogens with zero attached hydrogens (tertiary/aromatic N) is 1. The lowest BCUT2D eigenvalue weighted by Crippen LogP contribution is -2.37. The Balaban J connectivity index is 2.49. The van der Waals surface area contributed by atoms with Crippen LogP contribution >= 0.6 is 0 Å². The molecule has 0 saturated heterocycles. The lowest BCUT2D eigenvalue weighted by atomic mass is 9.95. The Hall–Kier alpha value is -0.930. The van der Waals surface area contributed by atoms with Crippen LogP contribution in [0.2, 0.25) is 0 Å². The smallest absolute Gasteiger partial charge is 0.0665 e. The van der Waals surface area contributed by atoms with Crippen molar-refractivity contribution in [1.82, 2.24) is 4.98 Å². The maximum Gasteiger partial charge on any atom is 0.0665 e. The van der Waals surface area contributed by atoms with Gasteiger partial charge in [0.15, 0.2) is 0 Å². The second kappa shape index (κ2) is 2.54. The Morgan fingerprint density at radius 2 is 2.50 bits per heavy atom. The SMILES string of the molecule is NC1(CO)CCc2ncccc21. The van der Waals surface area contributed by atoms with Crippen LogP contribution in [0.15, 0.2) is 18.3 Å². The van der Waals surface area contributed by atoms with Crippen LogP contribution in [-0.4, -0.2) is 16.7 Å². The molecule has 0 amide bonds. The zero-order chi connectivity index (χ0) is 8.60. The number of pyridine rings is 1. The van der Waals surface area contributed by atoms with Gasteiger partial charge in [-0.1, -0.05) is 6.07 Å². The molecule has 1 aliphatic carbocycles. The second-order valence-corrected chi connectivity index (χ2v) is 3.31. The lowest BCUT2D eigenvalue weighted by molar-refractivity contribution is 0.197. The molecule has 64 valence electrons. The van der Waals surface area contributed by atoms with Gasteiger partial charge in [0.25, 0.3) is 0 Å². The van der Waals surface area contributed by atoms with E-state index in [0.717, 1.165) is 24.1 Å². The predicted molar refractivity (Wildman–Crippen MR) is 45.5 cm³/mol. The number of aliphatic hydroxyl groups excluding tert-OH is 1. The molecule has 0 saturated carbocycles. The first-order chi connectivity index (χ1) is 5.76. The summed E-state index contributed by atoms with van der Waals surface area (Å²) in [6.07, 6.45) is 3.45. The summed E-state index contributed by atoms with van der Waals surface area (Å²) in [7, 11) is 0. The highest BCUT2D eigenvalue weighted by Crippen LogP contribution is 2.32. The molecule has 1 heterocycles. The molecule has 0 bridgehead atoms. The lowest BCUT2D eigenvalue weighted by Gasteiger charge is -2.21. The molecule has 0 fully saturated rings. The molecule has 0 radical (unpaired) electrons. The van der Waals surface area contributed by atoms with Gasteiger partial charge >= 0.3 is 0 Å². The summed E-state index contributed by atoms with van der Waals surface area (Å²) in [5.41, 5.74) is 7.48. The Morgan fingerprint density at radius 1 is 1.67 bits per heavy atom. The second-order valence-electron chi connectivity index (χ2n) is 3.31. The summed E-state index contributed by atoms with van der Waals surface area (Å²) >= 11 is 0. The van der Waals surface area contributed by atoms with Crippen LogP contribution < -0.4 is 5.73 Å². The van der Waals surface area contributed by atoms with E-state index in [-0.39, 0.29) is 6.61 Å². The van der Waals surface area contributed by atoms with Crippen molar-refractivity contribution in [3.8, 4) is 0 Å². The van der Waals surface area contributed by atoms with Crippen molar-refractivity contribution in [1.29, 1.82) is 0 Å². The Morgan fingerprint density at radius 3 is 3.25 bits per heavy atom. The molecule has 1 aliphatic rings. The van der Waals surface area contributed by atoms with Crippen LogP contribution in [0.1, 0.15) is 17.7 Å². The van der Waals surface area contributed by atoms with E-state index in [0.29, 0.717) is 0 Å². The number of nitrogens with two attached hydrogens (primary N) is 1. The number of aryl methyl sites for hydroxylation is 1. The van der Waals surface area contributed by atoms with Gasteiger partial charge in [0, 0.05) is 11.9 Å². The fraction of sp³-hybridized carbons (Fsp3) is 0.444. The monoisotopic (exact) mass is 164 g/mol. The minimum atomic E-state index is -0.538. The minimum Gasteiger partial charge on any atom is -0.394 e. The van der Waals surface area contributed by atoms with Gasteiger partial charge in [-0.25, -0.2) is 0 Å². The van der Waals surface area contributed by atoms with Gasteiger partial charge in [-0.15, -0.1) is 0 Å². The summed E-state index contributed by atoms with van der Waals surface area (Å²) in [5.74, 6) is 0. The van der Waals surface area contributed by atoms with E-state index in [4.69, 9.17) is 10.8 Å². The molecular weight excluding hydrogens is 152 g/mol. The van der Waals surface area contributed by atoms with Crippen LogP contribution in [0.25, 0.3) is 0 Å². The number of hydrogen-bond acceptors (Lipinski definition) is 3. The summed E-state index contributed by atoms with van der Waals surface area (Å²) in [5, 5.41) is 9.12. The van der Waals surface area contributed by atoms with Crippen molar-refractivity contribution in [2.45, 2.75) is 18.4 Å². The fourth-order valence-electron chi connectivity index (χ4n) is 1.73. The van der Waals surface area contributed by atoms with Gasteiger partial charge in [0.05, 0.1) is 12.1 Å². The quantitative estimate of drug-likeness (QED) is 0.622. The van der Waals surface area contributed by atoms with Crippen LogP contribution in [0, 0.1) is 0 Å². The molecule has 0 aromatic carbocycles. The van der Waals surface area contributed by atoms with Crippen molar-refractivity contribution in [2.24, 2.45) is 5.73 Å². The third kappa shape index (κ3) is 0.940. The van der Waals surface area contributed by atoms with Crippen molar-refractivity contribution in [3.63, 3.8) is 0 Å². The molecule has 3 heteroatoms.